The summed E-state index contributed by atoms with van der Waals surface area (Å²) in [7, 11) is 1.56. The fourth-order valence-electron chi connectivity index (χ4n) is 2.40. The maximum Gasteiger partial charge on any atom is 0.230 e. The summed E-state index contributed by atoms with van der Waals surface area (Å²) < 4.78 is 10.5. The number of carboxylic acid groups (broad SMARTS) is 1. The van der Waals surface area contributed by atoms with Gasteiger partial charge in [-0.05, 0) is 37.1 Å². The smallest absolute Gasteiger partial charge is 0.230 e. The van der Waals surface area contributed by atoms with Crippen molar-refractivity contribution in [1.29, 1.82) is 0 Å². The summed E-state index contributed by atoms with van der Waals surface area (Å²) in [5, 5.41) is 13.6. The Morgan fingerprint density at radius 2 is 2.14 bits per heavy atom. The molecule has 1 saturated heterocycles. The summed E-state index contributed by atoms with van der Waals surface area (Å²) in [6.07, 6.45) is 0.825. The van der Waals surface area contributed by atoms with Gasteiger partial charge in [0.15, 0.2) is 0 Å². The number of carboxylic acids is 1. The zero-order valence-electron chi connectivity index (χ0n) is 11.8. The molecule has 1 aromatic rings. The van der Waals surface area contributed by atoms with Gasteiger partial charge >= 0.3 is 0 Å². The number of carbonyl (C=O) groups is 2. The Kier molecular flexibility index (Phi) is 5.16. The van der Waals surface area contributed by atoms with Crippen LogP contribution < -0.4 is 15.2 Å². The molecular weight excluding hydrogens is 274 g/mol. The predicted octanol–water partition coefficient (Wildman–Crippen LogP) is 0.569. The van der Waals surface area contributed by atoms with Crippen LogP contribution in [0.15, 0.2) is 24.3 Å². The Labute approximate surface area is 123 Å². The van der Waals surface area contributed by atoms with E-state index in [2.05, 4.69) is 5.32 Å². The molecular formula is C15H18NO5-. The van der Waals surface area contributed by atoms with Gasteiger partial charge in [0, 0.05) is 24.7 Å². The van der Waals surface area contributed by atoms with Gasteiger partial charge in [-0.1, -0.05) is 0 Å². The molecule has 1 aromatic carbocycles. The number of hydrogen-bond acceptors (Lipinski definition) is 5. The molecule has 1 fully saturated rings. The summed E-state index contributed by atoms with van der Waals surface area (Å²) in [5.74, 6) is -1.67. The zero-order chi connectivity index (χ0) is 15.2. The van der Waals surface area contributed by atoms with Crippen molar-refractivity contribution in [3.63, 3.8) is 0 Å². The van der Waals surface area contributed by atoms with E-state index in [0.29, 0.717) is 24.5 Å². The summed E-state index contributed by atoms with van der Waals surface area (Å²) in [4.78, 5) is 23.1. The molecule has 6 heteroatoms. The number of methoxy groups -OCH3 is 1. The van der Waals surface area contributed by atoms with Crippen LogP contribution in [0.2, 0.25) is 0 Å². The number of aliphatic carboxylic acids is 1. The van der Waals surface area contributed by atoms with Crippen LogP contribution in [0.25, 0.3) is 0 Å². The van der Waals surface area contributed by atoms with Crippen molar-refractivity contribution in [2.45, 2.75) is 25.4 Å². The normalized spacial score (nSPS) is 19.0. The van der Waals surface area contributed by atoms with Crippen LogP contribution in [0.5, 0.6) is 5.75 Å². The average molecular weight is 292 g/mol. The van der Waals surface area contributed by atoms with Crippen LogP contribution in [0, 0.1) is 5.92 Å². The van der Waals surface area contributed by atoms with Gasteiger partial charge in [-0.15, -0.1) is 0 Å². The number of carbonyl (C=O) groups excluding carboxylic acids is 2. The molecule has 0 aromatic heterocycles. The molecule has 1 heterocycles. The van der Waals surface area contributed by atoms with E-state index in [1.54, 1.807) is 31.4 Å². The van der Waals surface area contributed by atoms with Gasteiger partial charge in [0.05, 0.1) is 19.1 Å². The Morgan fingerprint density at radius 1 is 1.43 bits per heavy atom. The minimum Gasteiger partial charge on any atom is -0.550 e. The third kappa shape index (κ3) is 4.19. The molecule has 0 unspecified atom stereocenters. The SMILES string of the molecule is COc1ccc(NC(=O)[C@H](CC(=O)[O-])[C@@H]2CCCO2)cc1. The second-order valence-electron chi connectivity index (χ2n) is 4.95. The highest BCUT2D eigenvalue weighted by Gasteiger charge is 2.31. The second-order valence-corrected chi connectivity index (χ2v) is 4.95. The average Bonchev–Trinajstić information content (AvgIpc) is 2.99. The lowest BCUT2D eigenvalue weighted by Crippen LogP contribution is -2.38. The summed E-state index contributed by atoms with van der Waals surface area (Å²) >= 11 is 0. The van der Waals surface area contributed by atoms with E-state index in [1.165, 1.54) is 0 Å². The van der Waals surface area contributed by atoms with Crippen LogP contribution in [0.3, 0.4) is 0 Å². The third-order valence-corrected chi connectivity index (χ3v) is 3.49. The van der Waals surface area contributed by atoms with E-state index in [-0.39, 0.29) is 18.4 Å². The number of rotatable bonds is 6. The number of nitrogens with one attached hydrogen (secondary N) is 1. The van der Waals surface area contributed by atoms with Crippen LogP contribution >= 0.6 is 0 Å². The first-order chi connectivity index (χ1) is 10.1. The summed E-state index contributed by atoms with van der Waals surface area (Å²) in [6, 6.07) is 6.83. The first-order valence-corrected chi connectivity index (χ1v) is 6.86. The van der Waals surface area contributed by atoms with Gasteiger partial charge in [0.1, 0.15) is 5.75 Å². The molecule has 1 N–H and O–H groups in total. The molecule has 2 rings (SSSR count). The second kappa shape index (κ2) is 7.08. The van der Waals surface area contributed by atoms with E-state index in [9.17, 15) is 14.7 Å². The highest BCUT2D eigenvalue weighted by molar-refractivity contribution is 5.94. The van der Waals surface area contributed by atoms with E-state index < -0.39 is 11.9 Å². The largest absolute Gasteiger partial charge is 0.550 e. The zero-order valence-corrected chi connectivity index (χ0v) is 11.8. The van der Waals surface area contributed by atoms with E-state index in [0.717, 1.165) is 6.42 Å². The number of anilines is 1. The maximum atomic E-state index is 12.3. The molecule has 0 aliphatic carbocycles. The van der Waals surface area contributed by atoms with Crippen molar-refractivity contribution in [3.05, 3.63) is 24.3 Å². The molecule has 0 radical (unpaired) electrons. The summed E-state index contributed by atoms with van der Waals surface area (Å²) in [5.41, 5.74) is 0.585. The minimum absolute atomic E-state index is 0.341. The van der Waals surface area contributed by atoms with Crippen molar-refractivity contribution in [3.8, 4) is 5.75 Å². The third-order valence-electron chi connectivity index (χ3n) is 3.49. The summed E-state index contributed by atoms with van der Waals surface area (Å²) in [6.45, 7) is 0.560. The molecule has 0 bridgehead atoms. The molecule has 1 amide bonds. The van der Waals surface area contributed by atoms with Crippen molar-refractivity contribution < 1.29 is 24.2 Å². The van der Waals surface area contributed by atoms with Crippen molar-refractivity contribution in [1.82, 2.24) is 0 Å². The molecule has 2 atom stereocenters. The molecule has 114 valence electrons. The molecule has 0 spiro atoms. The minimum atomic E-state index is -1.25. The predicted molar refractivity (Wildman–Crippen MR) is 73.7 cm³/mol. The van der Waals surface area contributed by atoms with Crippen LogP contribution in [-0.4, -0.2) is 31.7 Å². The van der Waals surface area contributed by atoms with Gasteiger partial charge in [0.25, 0.3) is 0 Å². The molecule has 6 nitrogen and oxygen atoms in total. The quantitative estimate of drug-likeness (QED) is 0.828. The monoisotopic (exact) mass is 292 g/mol. The van der Waals surface area contributed by atoms with Crippen LogP contribution in [-0.2, 0) is 14.3 Å². The Bertz CT molecular complexity index is 493. The van der Waals surface area contributed by atoms with Gasteiger partial charge in [-0.3, -0.25) is 4.79 Å². The first-order valence-electron chi connectivity index (χ1n) is 6.86. The number of hydrogen-bond donors (Lipinski definition) is 1. The number of ether oxygens (including phenoxy) is 2. The Morgan fingerprint density at radius 3 is 2.67 bits per heavy atom. The topological polar surface area (TPSA) is 87.7 Å². The van der Waals surface area contributed by atoms with Crippen molar-refractivity contribution in [2.24, 2.45) is 5.92 Å². The van der Waals surface area contributed by atoms with Gasteiger partial charge in [0.2, 0.25) is 5.91 Å². The molecule has 0 saturated carbocycles. The fraction of sp³-hybridized carbons (Fsp3) is 0.467. The van der Waals surface area contributed by atoms with Crippen molar-refractivity contribution in [2.75, 3.05) is 19.0 Å². The highest BCUT2D eigenvalue weighted by Crippen LogP contribution is 2.25. The number of amides is 1. The Hall–Kier alpha value is -2.08. The van der Waals surface area contributed by atoms with Crippen LogP contribution in [0.4, 0.5) is 5.69 Å². The van der Waals surface area contributed by atoms with Crippen LogP contribution in [0.1, 0.15) is 19.3 Å². The Balaban J connectivity index is 2.04. The lowest BCUT2D eigenvalue weighted by Gasteiger charge is -2.22. The standard InChI is InChI=1S/C15H19NO5/c1-20-11-6-4-10(5-7-11)16-15(19)12(9-14(17)18)13-3-2-8-21-13/h4-7,12-13H,2-3,8-9H2,1H3,(H,16,19)(H,17,18)/p-1/t12-,13+/m1/s1. The first kappa shape index (κ1) is 15.3. The maximum absolute atomic E-state index is 12.3. The van der Waals surface area contributed by atoms with Crippen molar-refractivity contribution >= 4 is 17.6 Å². The van der Waals surface area contributed by atoms with E-state index >= 15 is 0 Å². The van der Waals surface area contributed by atoms with Gasteiger partial charge in [-0.2, -0.15) is 0 Å². The fourth-order valence-corrected chi connectivity index (χ4v) is 2.40. The van der Waals surface area contributed by atoms with E-state index in [1.807, 2.05) is 0 Å². The molecule has 1 aliphatic heterocycles. The van der Waals surface area contributed by atoms with Gasteiger partial charge < -0.3 is 24.7 Å². The van der Waals surface area contributed by atoms with E-state index in [4.69, 9.17) is 9.47 Å². The van der Waals surface area contributed by atoms with Gasteiger partial charge in [-0.25, -0.2) is 0 Å². The number of benzene rings is 1. The highest BCUT2D eigenvalue weighted by atomic mass is 16.5. The molecule has 21 heavy (non-hydrogen) atoms. The lowest BCUT2D eigenvalue weighted by molar-refractivity contribution is -0.307. The lowest BCUT2D eigenvalue weighted by atomic mass is 9.95. The molecule has 1 aliphatic rings.